The number of thiazole rings is 1. The van der Waals surface area contributed by atoms with Crippen LogP contribution in [0.2, 0.25) is 0 Å². The largest absolute Gasteiger partial charge is 0.480 e. The second kappa shape index (κ2) is 3.78. The van der Waals surface area contributed by atoms with E-state index in [-0.39, 0.29) is 11.4 Å². The molecule has 0 fully saturated rings. The van der Waals surface area contributed by atoms with Crippen LogP contribution >= 0.6 is 23.1 Å². The molecule has 4 nitrogen and oxygen atoms in total. The van der Waals surface area contributed by atoms with Gasteiger partial charge in [-0.15, -0.1) is 0 Å². The predicted molar refractivity (Wildman–Crippen MR) is 56.1 cm³/mol. The van der Waals surface area contributed by atoms with Crippen LogP contribution in [-0.4, -0.2) is 21.4 Å². The molecule has 0 unspecified atom stereocenters. The zero-order valence-electron chi connectivity index (χ0n) is 7.36. The molecule has 1 aromatic rings. The minimum Gasteiger partial charge on any atom is -0.480 e. The number of carbonyl (C=O) groups is 1. The fourth-order valence-corrected chi connectivity index (χ4v) is 3.64. The molecule has 0 aliphatic carbocycles. The first-order valence-electron chi connectivity index (χ1n) is 4.19. The van der Waals surface area contributed by atoms with Crippen LogP contribution in [0.25, 0.3) is 0 Å². The average Bonchev–Trinajstić information content (AvgIpc) is 2.43. The summed E-state index contributed by atoms with van der Waals surface area (Å²) >= 11 is 2.97. The van der Waals surface area contributed by atoms with Gasteiger partial charge in [0.25, 0.3) is 0 Å². The lowest BCUT2D eigenvalue weighted by Crippen LogP contribution is -2.22. The number of hydrogen-bond donors (Lipinski definition) is 1. The van der Waals surface area contributed by atoms with Crippen molar-refractivity contribution in [2.45, 2.75) is 18.7 Å². The van der Waals surface area contributed by atoms with E-state index in [0.717, 1.165) is 28.5 Å². The van der Waals surface area contributed by atoms with Gasteiger partial charge in [0.15, 0.2) is 0 Å². The Balaban J connectivity index is 2.42. The molecule has 2 heterocycles. The lowest BCUT2D eigenvalue weighted by Gasteiger charge is -2.12. The van der Waals surface area contributed by atoms with Crippen LogP contribution < -0.4 is 4.87 Å². The normalized spacial score (nSPS) is 15.1. The second-order valence-electron chi connectivity index (χ2n) is 3.02. The zero-order valence-corrected chi connectivity index (χ0v) is 8.99. The van der Waals surface area contributed by atoms with Crippen molar-refractivity contribution in [1.82, 2.24) is 4.57 Å². The topological polar surface area (TPSA) is 59.3 Å². The summed E-state index contributed by atoms with van der Waals surface area (Å²) in [5.41, 5.74) is 0.932. The van der Waals surface area contributed by atoms with Gasteiger partial charge in [-0.2, -0.15) is 11.8 Å². The van der Waals surface area contributed by atoms with Gasteiger partial charge in [0, 0.05) is 16.3 Å². The number of aliphatic carboxylic acids is 1. The van der Waals surface area contributed by atoms with Crippen molar-refractivity contribution in [1.29, 1.82) is 0 Å². The molecule has 0 spiro atoms. The molecule has 6 heteroatoms. The molecular weight excluding hydrogens is 222 g/mol. The number of rotatable bonds is 2. The number of carboxylic acid groups (broad SMARTS) is 1. The smallest absolute Gasteiger partial charge is 0.323 e. The van der Waals surface area contributed by atoms with Gasteiger partial charge in [0.05, 0.1) is 0 Å². The maximum absolute atomic E-state index is 11.5. The van der Waals surface area contributed by atoms with Crippen LogP contribution in [-0.2, 0) is 23.5 Å². The van der Waals surface area contributed by atoms with Crippen LogP contribution in [0.1, 0.15) is 10.6 Å². The molecule has 76 valence electrons. The summed E-state index contributed by atoms with van der Waals surface area (Å²) in [6.45, 7) is -0.199. The zero-order chi connectivity index (χ0) is 10.1. The van der Waals surface area contributed by atoms with E-state index in [4.69, 9.17) is 5.11 Å². The molecule has 2 rings (SSSR count). The minimum absolute atomic E-state index is 0.139. The molecule has 0 atom stereocenters. The average molecular weight is 231 g/mol. The van der Waals surface area contributed by atoms with Gasteiger partial charge < -0.3 is 5.11 Å². The Morgan fingerprint density at radius 3 is 3.07 bits per heavy atom. The Morgan fingerprint density at radius 1 is 1.57 bits per heavy atom. The third kappa shape index (κ3) is 1.72. The summed E-state index contributed by atoms with van der Waals surface area (Å²) < 4.78 is 1.39. The van der Waals surface area contributed by atoms with Gasteiger partial charge in [0.2, 0.25) is 0 Å². The Bertz CT molecular complexity index is 421. The Kier molecular flexibility index (Phi) is 2.64. The summed E-state index contributed by atoms with van der Waals surface area (Å²) in [6, 6.07) is 0. The van der Waals surface area contributed by atoms with Crippen molar-refractivity contribution in [2.75, 3.05) is 5.75 Å². The Hall–Kier alpha value is -0.750. The molecule has 14 heavy (non-hydrogen) atoms. The summed E-state index contributed by atoms with van der Waals surface area (Å²) in [7, 11) is 0. The van der Waals surface area contributed by atoms with E-state index in [1.807, 2.05) is 0 Å². The van der Waals surface area contributed by atoms with Crippen molar-refractivity contribution in [3.63, 3.8) is 0 Å². The molecule has 0 aromatic carbocycles. The van der Waals surface area contributed by atoms with Gasteiger partial charge in [0.1, 0.15) is 6.54 Å². The molecule has 0 amide bonds. The third-order valence-electron chi connectivity index (χ3n) is 2.09. The molecule has 0 saturated carbocycles. The van der Waals surface area contributed by atoms with Crippen molar-refractivity contribution in [3.05, 3.63) is 20.2 Å². The monoisotopic (exact) mass is 231 g/mol. The summed E-state index contributed by atoms with van der Waals surface area (Å²) in [5.74, 6) is 0.871. The van der Waals surface area contributed by atoms with E-state index in [1.165, 1.54) is 15.9 Å². The first-order valence-corrected chi connectivity index (χ1v) is 6.16. The lowest BCUT2D eigenvalue weighted by atomic mass is 10.3. The quantitative estimate of drug-likeness (QED) is 0.817. The Labute approximate surface area is 88.6 Å². The number of thioether (sulfide) groups is 1. The van der Waals surface area contributed by atoms with E-state index in [0.29, 0.717) is 0 Å². The van der Waals surface area contributed by atoms with E-state index >= 15 is 0 Å². The second-order valence-corrected chi connectivity index (χ2v) is 5.17. The molecule has 0 bridgehead atoms. The Morgan fingerprint density at radius 2 is 2.36 bits per heavy atom. The number of aromatic nitrogens is 1. The van der Waals surface area contributed by atoms with Crippen LogP contribution in [0.15, 0.2) is 4.79 Å². The molecule has 1 aliphatic heterocycles. The number of fused-ring (bicyclic) bond motifs is 1. The summed E-state index contributed by atoms with van der Waals surface area (Å²) in [4.78, 5) is 22.9. The van der Waals surface area contributed by atoms with E-state index < -0.39 is 5.97 Å². The highest BCUT2D eigenvalue weighted by Crippen LogP contribution is 2.26. The highest BCUT2D eigenvalue weighted by molar-refractivity contribution is 7.98. The SMILES string of the molecule is O=C(O)Cn1c2c(sc1=O)CSCC2. The summed E-state index contributed by atoms with van der Waals surface area (Å²) in [6.07, 6.45) is 0.812. The molecule has 0 radical (unpaired) electrons. The molecule has 1 aliphatic rings. The van der Waals surface area contributed by atoms with Crippen molar-refractivity contribution in [3.8, 4) is 0 Å². The lowest BCUT2D eigenvalue weighted by molar-refractivity contribution is -0.137. The highest BCUT2D eigenvalue weighted by atomic mass is 32.2. The van der Waals surface area contributed by atoms with Gasteiger partial charge in [-0.05, 0) is 12.2 Å². The number of nitrogens with zero attached hydrogens (tertiary/aromatic N) is 1. The van der Waals surface area contributed by atoms with E-state index in [2.05, 4.69) is 0 Å². The number of hydrogen-bond acceptors (Lipinski definition) is 4. The number of carboxylic acids is 1. The maximum atomic E-state index is 11.5. The van der Waals surface area contributed by atoms with Crippen molar-refractivity contribution < 1.29 is 9.90 Å². The van der Waals surface area contributed by atoms with E-state index in [1.54, 1.807) is 11.8 Å². The molecule has 1 aromatic heterocycles. The van der Waals surface area contributed by atoms with Crippen molar-refractivity contribution in [2.24, 2.45) is 0 Å². The third-order valence-corrected chi connectivity index (χ3v) is 4.28. The standard InChI is InChI=1S/C8H9NO3S2/c10-7(11)3-9-5-1-2-13-4-6(5)14-8(9)12/h1-4H2,(H,10,11). The van der Waals surface area contributed by atoms with Crippen LogP contribution in [0.4, 0.5) is 0 Å². The molecular formula is C8H9NO3S2. The first-order chi connectivity index (χ1) is 6.68. The predicted octanol–water partition coefficient (Wildman–Crippen LogP) is 0.784. The van der Waals surface area contributed by atoms with Crippen molar-refractivity contribution >= 4 is 29.1 Å². The molecule has 0 saturated heterocycles. The minimum atomic E-state index is -0.953. The van der Waals surface area contributed by atoms with Gasteiger partial charge >= 0.3 is 10.8 Å². The van der Waals surface area contributed by atoms with Gasteiger partial charge in [-0.25, -0.2) is 0 Å². The fourth-order valence-electron chi connectivity index (χ4n) is 1.50. The van der Waals surface area contributed by atoms with Gasteiger partial charge in [-0.3, -0.25) is 14.2 Å². The maximum Gasteiger partial charge on any atom is 0.323 e. The fraction of sp³-hybridized carbons (Fsp3) is 0.500. The van der Waals surface area contributed by atoms with Crippen LogP contribution in [0.3, 0.4) is 0 Å². The molecule has 1 N–H and O–H groups in total. The summed E-state index contributed by atoms with van der Waals surface area (Å²) in [5, 5.41) is 8.65. The van der Waals surface area contributed by atoms with E-state index in [9.17, 15) is 9.59 Å². The van der Waals surface area contributed by atoms with Gasteiger partial charge in [-0.1, -0.05) is 11.3 Å². The van der Waals surface area contributed by atoms with Crippen LogP contribution in [0, 0.1) is 0 Å². The van der Waals surface area contributed by atoms with Crippen LogP contribution in [0.5, 0.6) is 0 Å². The first kappa shape index (κ1) is 9.79. The highest BCUT2D eigenvalue weighted by Gasteiger charge is 2.19.